The van der Waals surface area contributed by atoms with E-state index in [4.69, 9.17) is 11.6 Å². The minimum Gasteiger partial charge on any atom is -0.350 e. The molecule has 0 unspecified atom stereocenters. The summed E-state index contributed by atoms with van der Waals surface area (Å²) in [4.78, 5) is 12.9. The minimum atomic E-state index is -3.93. The van der Waals surface area contributed by atoms with Gasteiger partial charge in [-0.2, -0.15) is 0 Å². The zero-order valence-corrected chi connectivity index (χ0v) is 18.4. The zero-order valence-electron chi connectivity index (χ0n) is 16.8. The van der Waals surface area contributed by atoms with E-state index in [1.54, 1.807) is 30.3 Å². The molecule has 0 aliphatic heterocycles. The molecule has 0 bridgehead atoms. The number of halogens is 1. The number of hydrogen-bond acceptors (Lipinski definition) is 3. The first-order chi connectivity index (χ1) is 14.3. The van der Waals surface area contributed by atoms with E-state index in [1.807, 2.05) is 44.2 Å². The normalized spacial score (nSPS) is 11.2. The summed E-state index contributed by atoms with van der Waals surface area (Å²) >= 11 is 6.14. The molecule has 0 aliphatic carbocycles. The second kappa shape index (κ2) is 9.32. The van der Waals surface area contributed by atoms with Crippen LogP contribution in [0, 0.1) is 13.8 Å². The molecule has 3 rings (SSSR count). The number of nitrogens with zero attached hydrogens (tertiary/aromatic N) is 1. The van der Waals surface area contributed by atoms with Gasteiger partial charge in [0.15, 0.2) is 0 Å². The molecule has 0 saturated carbocycles. The zero-order chi connectivity index (χ0) is 21.7. The highest BCUT2D eigenvalue weighted by Crippen LogP contribution is 2.27. The third kappa shape index (κ3) is 5.01. The molecule has 30 heavy (non-hydrogen) atoms. The van der Waals surface area contributed by atoms with Crippen LogP contribution in [0.5, 0.6) is 0 Å². The lowest BCUT2D eigenvalue weighted by Gasteiger charge is -2.26. The van der Waals surface area contributed by atoms with Crippen molar-refractivity contribution >= 4 is 33.2 Å². The van der Waals surface area contributed by atoms with Crippen LogP contribution in [0.2, 0.25) is 5.02 Å². The first-order valence-electron chi connectivity index (χ1n) is 9.44. The second-order valence-electron chi connectivity index (χ2n) is 6.98. The average molecular weight is 443 g/mol. The predicted molar refractivity (Wildman–Crippen MR) is 120 cm³/mol. The van der Waals surface area contributed by atoms with E-state index in [9.17, 15) is 13.2 Å². The number of carbonyl (C=O) groups is 1. The van der Waals surface area contributed by atoms with Crippen molar-refractivity contribution in [3.63, 3.8) is 0 Å². The van der Waals surface area contributed by atoms with E-state index >= 15 is 0 Å². The van der Waals surface area contributed by atoms with Crippen LogP contribution in [-0.2, 0) is 21.4 Å². The summed E-state index contributed by atoms with van der Waals surface area (Å²) in [6.07, 6.45) is 0. The number of rotatable bonds is 7. The molecule has 0 radical (unpaired) electrons. The lowest BCUT2D eigenvalue weighted by molar-refractivity contribution is -0.119. The number of amides is 1. The first-order valence-corrected chi connectivity index (χ1v) is 11.3. The Hall–Kier alpha value is -2.83. The van der Waals surface area contributed by atoms with E-state index < -0.39 is 15.9 Å². The molecule has 0 heterocycles. The van der Waals surface area contributed by atoms with Crippen molar-refractivity contribution in [1.29, 1.82) is 0 Å². The van der Waals surface area contributed by atoms with Crippen LogP contribution in [0.15, 0.2) is 77.7 Å². The van der Waals surface area contributed by atoms with E-state index in [-0.39, 0.29) is 18.0 Å². The number of aryl methyl sites for hydroxylation is 2. The summed E-state index contributed by atoms with van der Waals surface area (Å²) in [7, 11) is -3.93. The summed E-state index contributed by atoms with van der Waals surface area (Å²) in [5.74, 6) is -0.421. The summed E-state index contributed by atoms with van der Waals surface area (Å²) in [5, 5.41) is 3.31. The van der Waals surface area contributed by atoms with Gasteiger partial charge in [0, 0.05) is 11.6 Å². The minimum absolute atomic E-state index is 0.129. The van der Waals surface area contributed by atoms with Gasteiger partial charge in [-0.05, 0) is 54.8 Å². The predicted octanol–water partition coefficient (Wildman–Crippen LogP) is 4.47. The Labute approximate surface area is 182 Å². The lowest BCUT2D eigenvalue weighted by atomic mass is 10.1. The highest BCUT2D eigenvalue weighted by atomic mass is 35.5. The summed E-state index contributed by atoms with van der Waals surface area (Å²) < 4.78 is 27.9. The molecule has 0 spiro atoms. The molecule has 1 N–H and O–H groups in total. The van der Waals surface area contributed by atoms with Gasteiger partial charge in [0.05, 0.1) is 10.6 Å². The number of sulfonamides is 1. The van der Waals surface area contributed by atoms with Crippen LogP contribution < -0.4 is 9.62 Å². The van der Waals surface area contributed by atoms with Crippen molar-refractivity contribution < 1.29 is 13.2 Å². The van der Waals surface area contributed by atoms with Gasteiger partial charge in [-0.1, -0.05) is 60.1 Å². The maximum absolute atomic E-state index is 13.4. The van der Waals surface area contributed by atoms with Crippen LogP contribution in [0.4, 0.5) is 5.69 Å². The molecular weight excluding hydrogens is 420 g/mol. The van der Waals surface area contributed by atoms with E-state index in [0.29, 0.717) is 10.7 Å². The van der Waals surface area contributed by atoms with Crippen molar-refractivity contribution in [2.24, 2.45) is 0 Å². The van der Waals surface area contributed by atoms with Crippen LogP contribution >= 0.6 is 11.6 Å². The van der Waals surface area contributed by atoms with Gasteiger partial charge in [0.2, 0.25) is 5.91 Å². The van der Waals surface area contributed by atoms with Crippen molar-refractivity contribution in [2.75, 3.05) is 10.8 Å². The fraction of sp³-hybridized carbons (Fsp3) is 0.174. The van der Waals surface area contributed by atoms with Crippen LogP contribution in [0.1, 0.15) is 16.7 Å². The third-order valence-electron chi connectivity index (χ3n) is 4.69. The summed E-state index contributed by atoms with van der Waals surface area (Å²) in [6, 6.07) is 20.8. The Balaban J connectivity index is 1.91. The number of anilines is 1. The quantitative estimate of drug-likeness (QED) is 0.587. The summed E-state index contributed by atoms with van der Waals surface area (Å²) in [5.41, 5.74) is 2.91. The van der Waals surface area contributed by atoms with Gasteiger partial charge in [-0.15, -0.1) is 0 Å². The van der Waals surface area contributed by atoms with Gasteiger partial charge in [-0.3, -0.25) is 9.10 Å². The topological polar surface area (TPSA) is 66.5 Å². The standard InChI is InChI=1S/C23H23ClN2O3S/c1-17-12-13-18(2)22(14-17)26(30(28,29)20-9-4-3-5-10-20)16-23(27)25-15-19-8-6-7-11-21(19)24/h3-14H,15-16H2,1-2H3,(H,25,27). The Morgan fingerprint density at radius 2 is 1.63 bits per heavy atom. The van der Waals surface area contributed by atoms with Gasteiger partial charge >= 0.3 is 0 Å². The Morgan fingerprint density at radius 1 is 0.967 bits per heavy atom. The largest absolute Gasteiger partial charge is 0.350 e. The Kier molecular flexibility index (Phi) is 6.80. The van der Waals surface area contributed by atoms with Gasteiger partial charge in [0.25, 0.3) is 10.0 Å². The second-order valence-corrected chi connectivity index (χ2v) is 9.25. The van der Waals surface area contributed by atoms with E-state index in [0.717, 1.165) is 21.0 Å². The monoisotopic (exact) mass is 442 g/mol. The average Bonchev–Trinajstić information content (AvgIpc) is 2.74. The molecule has 3 aromatic carbocycles. The van der Waals surface area contributed by atoms with Gasteiger partial charge in [0.1, 0.15) is 6.54 Å². The van der Waals surface area contributed by atoms with Crippen LogP contribution in [0.3, 0.4) is 0 Å². The van der Waals surface area contributed by atoms with Crippen molar-refractivity contribution in [3.8, 4) is 0 Å². The van der Waals surface area contributed by atoms with Crippen LogP contribution in [0.25, 0.3) is 0 Å². The smallest absolute Gasteiger partial charge is 0.264 e. The van der Waals surface area contributed by atoms with Gasteiger partial charge < -0.3 is 5.32 Å². The number of nitrogens with one attached hydrogen (secondary N) is 1. The Morgan fingerprint density at radius 3 is 2.33 bits per heavy atom. The number of hydrogen-bond donors (Lipinski definition) is 1. The number of carbonyl (C=O) groups excluding carboxylic acids is 1. The van der Waals surface area contributed by atoms with Crippen molar-refractivity contribution in [3.05, 3.63) is 94.5 Å². The molecule has 7 heteroatoms. The van der Waals surface area contributed by atoms with Crippen molar-refractivity contribution in [2.45, 2.75) is 25.3 Å². The molecule has 0 atom stereocenters. The summed E-state index contributed by atoms with van der Waals surface area (Å²) in [6.45, 7) is 3.58. The molecule has 1 amide bonds. The molecule has 0 aromatic heterocycles. The third-order valence-corrected chi connectivity index (χ3v) is 6.83. The molecule has 0 saturated heterocycles. The van der Waals surface area contributed by atoms with Crippen molar-refractivity contribution in [1.82, 2.24) is 5.32 Å². The molecule has 156 valence electrons. The molecule has 0 aliphatic rings. The molecular formula is C23H23ClN2O3S. The highest BCUT2D eigenvalue weighted by Gasteiger charge is 2.28. The first kappa shape index (κ1) is 21.9. The highest BCUT2D eigenvalue weighted by molar-refractivity contribution is 7.92. The molecule has 0 fully saturated rings. The van der Waals surface area contributed by atoms with Crippen LogP contribution in [-0.4, -0.2) is 20.9 Å². The maximum atomic E-state index is 13.4. The lowest BCUT2D eigenvalue weighted by Crippen LogP contribution is -2.41. The number of benzene rings is 3. The fourth-order valence-electron chi connectivity index (χ4n) is 3.03. The molecule has 3 aromatic rings. The van der Waals surface area contributed by atoms with E-state index in [1.165, 1.54) is 12.1 Å². The fourth-order valence-corrected chi connectivity index (χ4v) is 4.73. The molecule has 5 nitrogen and oxygen atoms in total. The van der Waals surface area contributed by atoms with E-state index in [2.05, 4.69) is 5.32 Å². The SMILES string of the molecule is Cc1ccc(C)c(N(CC(=O)NCc2ccccc2Cl)S(=O)(=O)c2ccccc2)c1. The van der Waals surface area contributed by atoms with Gasteiger partial charge in [-0.25, -0.2) is 8.42 Å². The maximum Gasteiger partial charge on any atom is 0.264 e. The Bertz CT molecular complexity index is 1150.